The van der Waals surface area contributed by atoms with Crippen LogP contribution in [0.3, 0.4) is 0 Å². The van der Waals surface area contributed by atoms with Crippen LogP contribution in [0.25, 0.3) is 117 Å². The standard InChI is InChI=1S/C77H57NO3/c1-75(2)57-34-35-68-72(51-19-10-13-23-65(51)80-68)70(57)56-41-60-55(40-61(56)75)48-32-30-45(37-58(48)76(60,3)4)78(63-21-15-25-67-71(63)50-18-9-12-22-64(50)79-67)46-31-33-49-59(38-46)77(5,6)62-39-54(74-73(69(49)62)52-20-11-14-24-66(52)81-74)44-29-28-43-27-26-42-16-7-8-17-47(42)53(43)36-44/h7-13,15-23,25,28-41H,14,24,26-27H2,1-6H3. The number of hydrogen-bond donors (Lipinski definition) is 0. The lowest BCUT2D eigenvalue weighted by Crippen LogP contribution is -2.18. The Hall–Kier alpha value is -9.12. The molecule has 0 bridgehead atoms. The summed E-state index contributed by atoms with van der Waals surface area (Å²) in [5.41, 5.74) is 32.1. The first kappa shape index (κ1) is 45.7. The Kier molecular flexibility index (Phi) is 8.81. The first-order valence-electron chi connectivity index (χ1n) is 29.1. The monoisotopic (exact) mass is 1040 g/mol. The normalized spacial score (nSPS) is 16.1. The lowest BCUT2D eigenvalue weighted by Gasteiger charge is -2.30. The van der Waals surface area contributed by atoms with E-state index in [0.717, 1.165) is 87.2 Å². The fourth-order valence-electron chi connectivity index (χ4n) is 15.9. The number of para-hydroxylation sites is 2. The number of nitrogens with zero attached hydrogens (tertiary/aromatic N) is 1. The van der Waals surface area contributed by atoms with Crippen LogP contribution in [0.2, 0.25) is 0 Å². The molecular formula is C77H57NO3. The lowest BCUT2D eigenvalue weighted by atomic mass is 9.79. The molecular weight excluding hydrogens is 987 g/mol. The summed E-state index contributed by atoms with van der Waals surface area (Å²) >= 11 is 0. The molecule has 3 heterocycles. The van der Waals surface area contributed by atoms with E-state index in [1.807, 2.05) is 0 Å². The van der Waals surface area contributed by atoms with E-state index in [0.29, 0.717) is 0 Å². The minimum absolute atomic E-state index is 0.197. The van der Waals surface area contributed by atoms with Crippen LogP contribution < -0.4 is 4.90 Å². The average Bonchev–Trinajstić information content (AvgIpc) is 2.17. The number of aryl methyl sites for hydroxylation is 3. The van der Waals surface area contributed by atoms with Crippen LogP contribution in [-0.2, 0) is 35.5 Å². The molecule has 0 aliphatic heterocycles. The smallest absolute Gasteiger partial charge is 0.143 e. The molecule has 10 aromatic carbocycles. The third kappa shape index (κ3) is 5.94. The lowest BCUT2D eigenvalue weighted by molar-refractivity contribution is 0.547. The summed E-state index contributed by atoms with van der Waals surface area (Å²) in [6.45, 7) is 14.5. The van der Waals surface area contributed by atoms with E-state index in [2.05, 4.69) is 235 Å². The van der Waals surface area contributed by atoms with Gasteiger partial charge in [-0.05, 0) is 193 Å². The summed E-state index contributed by atoms with van der Waals surface area (Å²) in [6, 6.07) is 66.3. The van der Waals surface area contributed by atoms with Crippen molar-refractivity contribution in [2.24, 2.45) is 0 Å². The number of rotatable bonds is 4. The molecule has 0 saturated carbocycles. The SMILES string of the molecule is CC1(C)c2cc(N(c3ccc4c(c3)C(C)(C)c3cc(-c5ccc6c(c5)-c5ccccc5CC6)c5oc6c(c5c3-4)C=CCC6)c3cccc4oc5ccccc5c34)ccc2-c2cc3c(cc21)-c1c(ccc2oc4ccccc4c12)C3(C)C. The summed E-state index contributed by atoms with van der Waals surface area (Å²) in [5.74, 6) is 1.09. The molecule has 0 spiro atoms. The van der Waals surface area contributed by atoms with Gasteiger partial charge in [0.15, 0.2) is 0 Å². The number of allylic oxidation sites excluding steroid dienone is 1. The van der Waals surface area contributed by atoms with Gasteiger partial charge in [-0.1, -0.05) is 151 Å². The highest BCUT2D eigenvalue weighted by molar-refractivity contribution is 6.17. The van der Waals surface area contributed by atoms with Crippen molar-refractivity contribution in [1.29, 1.82) is 0 Å². The number of furan rings is 3. The van der Waals surface area contributed by atoms with Crippen LogP contribution in [-0.4, -0.2) is 0 Å². The number of anilines is 3. The van der Waals surface area contributed by atoms with Crippen LogP contribution in [0.5, 0.6) is 0 Å². The van der Waals surface area contributed by atoms with Crippen molar-refractivity contribution in [3.63, 3.8) is 0 Å². The Balaban J connectivity index is 0.823. The summed E-state index contributed by atoms with van der Waals surface area (Å²) in [6.07, 6.45) is 8.67. The highest BCUT2D eigenvalue weighted by atomic mass is 16.3. The van der Waals surface area contributed by atoms with Gasteiger partial charge in [0.05, 0.1) is 11.1 Å². The van der Waals surface area contributed by atoms with Gasteiger partial charge in [-0.3, -0.25) is 0 Å². The number of benzene rings is 10. The third-order valence-electron chi connectivity index (χ3n) is 20.0. The number of hydrogen-bond acceptors (Lipinski definition) is 4. The Morgan fingerprint density at radius 1 is 0.383 bits per heavy atom. The molecule has 18 rings (SSSR count). The van der Waals surface area contributed by atoms with Crippen LogP contribution in [0, 0.1) is 0 Å². The van der Waals surface area contributed by atoms with Gasteiger partial charge in [0.25, 0.3) is 0 Å². The summed E-state index contributed by atoms with van der Waals surface area (Å²) in [7, 11) is 0. The molecule has 388 valence electrons. The Bertz CT molecular complexity index is 5040. The fraction of sp³-hybridized carbons (Fsp3) is 0.169. The van der Waals surface area contributed by atoms with Gasteiger partial charge in [0.2, 0.25) is 0 Å². The third-order valence-corrected chi connectivity index (χ3v) is 20.0. The van der Waals surface area contributed by atoms with E-state index in [4.69, 9.17) is 13.3 Å². The van der Waals surface area contributed by atoms with E-state index in [-0.39, 0.29) is 16.2 Å². The molecule has 81 heavy (non-hydrogen) atoms. The predicted molar refractivity (Wildman–Crippen MR) is 334 cm³/mol. The van der Waals surface area contributed by atoms with Crippen LogP contribution in [0.15, 0.2) is 195 Å². The molecule has 0 unspecified atom stereocenters. The molecule has 13 aromatic rings. The van der Waals surface area contributed by atoms with Crippen molar-refractivity contribution in [2.45, 2.75) is 83.5 Å². The van der Waals surface area contributed by atoms with E-state index in [1.165, 1.54) is 122 Å². The summed E-state index contributed by atoms with van der Waals surface area (Å²) in [5, 5.41) is 5.83. The maximum Gasteiger partial charge on any atom is 0.143 e. The van der Waals surface area contributed by atoms with Crippen molar-refractivity contribution >= 4 is 78.0 Å². The first-order valence-corrected chi connectivity index (χ1v) is 29.1. The van der Waals surface area contributed by atoms with E-state index in [9.17, 15) is 0 Å². The molecule has 4 heteroatoms. The molecule has 5 aliphatic carbocycles. The van der Waals surface area contributed by atoms with E-state index >= 15 is 0 Å². The van der Waals surface area contributed by atoms with Crippen molar-refractivity contribution in [3.8, 4) is 55.6 Å². The van der Waals surface area contributed by atoms with Gasteiger partial charge >= 0.3 is 0 Å². The quantitative estimate of drug-likeness (QED) is 0.176. The number of fused-ring (bicyclic) bond motifs is 23. The van der Waals surface area contributed by atoms with Crippen molar-refractivity contribution in [3.05, 3.63) is 238 Å². The second-order valence-electron chi connectivity index (χ2n) is 25.3. The molecule has 0 fully saturated rings. The van der Waals surface area contributed by atoms with Crippen LogP contribution >= 0.6 is 0 Å². The van der Waals surface area contributed by atoms with E-state index in [1.54, 1.807) is 0 Å². The summed E-state index contributed by atoms with van der Waals surface area (Å²) < 4.78 is 20.3. The average molecular weight is 1040 g/mol. The van der Waals surface area contributed by atoms with Gasteiger partial charge in [-0.25, -0.2) is 0 Å². The van der Waals surface area contributed by atoms with Gasteiger partial charge < -0.3 is 18.2 Å². The predicted octanol–water partition coefficient (Wildman–Crippen LogP) is 21.0. The minimum atomic E-state index is -0.352. The van der Waals surface area contributed by atoms with Crippen LogP contribution in [0.4, 0.5) is 17.1 Å². The highest BCUT2D eigenvalue weighted by Gasteiger charge is 2.44. The van der Waals surface area contributed by atoms with E-state index < -0.39 is 0 Å². The molecule has 3 aromatic heterocycles. The Morgan fingerprint density at radius 2 is 0.988 bits per heavy atom. The van der Waals surface area contributed by atoms with Gasteiger partial charge in [-0.15, -0.1) is 0 Å². The topological polar surface area (TPSA) is 42.7 Å². The molecule has 0 saturated heterocycles. The van der Waals surface area contributed by atoms with Gasteiger partial charge in [0, 0.05) is 66.7 Å². The molecule has 0 N–H and O–H groups in total. The molecule has 0 amide bonds. The summed E-state index contributed by atoms with van der Waals surface area (Å²) in [4.78, 5) is 2.51. The van der Waals surface area contributed by atoms with Crippen LogP contribution in [0.1, 0.15) is 104 Å². The van der Waals surface area contributed by atoms with Crippen molar-refractivity contribution < 1.29 is 13.3 Å². The zero-order valence-corrected chi connectivity index (χ0v) is 46.4. The van der Waals surface area contributed by atoms with Gasteiger partial charge in [-0.2, -0.15) is 0 Å². The maximum atomic E-state index is 7.13. The van der Waals surface area contributed by atoms with Crippen molar-refractivity contribution in [1.82, 2.24) is 0 Å². The molecule has 4 nitrogen and oxygen atoms in total. The maximum absolute atomic E-state index is 7.13. The molecule has 0 radical (unpaired) electrons. The minimum Gasteiger partial charge on any atom is -0.460 e. The highest BCUT2D eigenvalue weighted by Crippen LogP contribution is 2.61. The second kappa shape index (κ2) is 15.6. The zero-order valence-electron chi connectivity index (χ0n) is 46.4. The van der Waals surface area contributed by atoms with Crippen molar-refractivity contribution in [2.75, 3.05) is 4.90 Å². The molecule has 0 atom stereocenters. The first-order chi connectivity index (χ1) is 39.4. The second-order valence-corrected chi connectivity index (χ2v) is 25.3. The Labute approximate surface area is 470 Å². The fourth-order valence-corrected chi connectivity index (χ4v) is 15.9. The largest absolute Gasteiger partial charge is 0.460 e. The Morgan fingerprint density at radius 3 is 1.79 bits per heavy atom. The molecule has 5 aliphatic rings. The van der Waals surface area contributed by atoms with Gasteiger partial charge in [0.1, 0.15) is 33.7 Å². The zero-order chi connectivity index (χ0) is 54.0.